The number of β-amino-alcohol motifs (C(OH)–C–C–N with tert-alkyl or cyclic N) is 2. The summed E-state index contributed by atoms with van der Waals surface area (Å²) >= 11 is 0. The van der Waals surface area contributed by atoms with Crippen molar-refractivity contribution in [3.05, 3.63) is 0 Å². The molecule has 0 aromatic rings. The predicted molar refractivity (Wildman–Crippen MR) is 79.3 cm³/mol. The van der Waals surface area contributed by atoms with Crippen molar-refractivity contribution in [2.24, 2.45) is 0 Å². The molecule has 0 aromatic heterocycles. The van der Waals surface area contributed by atoms with Gasteiger partial charge in [-0.25, -0.2) is 0 Å². The molecule has 2 saturated heterocycles. The van der Waals surface area contributed by atoms with Crippen LogP contribution in [0.3, 0.4) is 0 Å². The molecule has 0 bridgehead atoms. The fourth-order valence-corrected chi connectivity index (χ4v) is 2.66. The molecule has 4 nitrogen and oxygen atoms in total. The topological polar surface area (TPSA) is 46.9 Å². The van der Waals surface area contributed by atoms with Crippen molar-refractivity contribution in [2.75, 3.05) is 26.2 Å². The summed E-state index contributed by atoms with van der Waals surface area (Å²) in [5.41, 5.74) is -0.426. The Kier molecular flexibility index (Phi) is 6.24. The van der Waals surface area contributed by atoms with E-state index in [9.17, 15) is 5.11 Å². The Balaban J connectivity index is 0.000000191. The van der Waals surface area contributed by atoms with Gasteiger partial charge in [0.1, 0.15) is 0 Å². The van der Waals surface area contributed by atoms with Gasteiger partial charge >= 0.3 is 0 Å². The molecule has 4 heteroatoms. The predicted octanol–water partition coefficient (Wildman–Crippen LogP) is 1.31. The van der Waals surface area contributed by atoms with Crippen molar-refractivity contribution in [2.45, 2.75) is 71.2 Å². The van der Waals surface area contributed by atoms with Gasteiger partial charge in [0.15, 0.2) is 0 Å². The molecule has 2 aliphatic rings. The Hall–Kier alpha value is -0.160. The second-order valence-electron chi connectivity index (χ2n) is 6.84. The lowest BCUT2D eigenvalue weighted by Crippen LogP contribution is -2.33. The van der Waals surface area contributed by atoms with E-state index < -0.39 is 5.60 Å². The Bertz CT molecular complexity index is 267. The summed E-state index contributed by atoms with van der Waals surface area (Å²) in [4.78, 5) is 4.60. The average molecular weight is 272 g/mol. The van der Waals surface area contributed by atoms with Gasteiger partial charge in [-0.2, -0.15) is 0 Å². The lowest BCUT2D eigenvalue weighted by Gasteiger charge is -2.21. The number of rotatable bonds is 2. The molecule has 0 spiro atoms. The Labute approximate surface area is 118 Å². The summed E-state index contributed by atoms with van der Waals surface area (Å²) in [5.74, 6) is 0. The highest BCUT2D eigenvalue weighted by atomic mass is 16.3. The van der Waals surface area contributed by atoms with Gasteiger partial charge in [-0.05, 0) is 47.5 Å². The lowest BCUT2D eigenvalue weighted by atomic mass is 10.1. The number of hydrogen-bond donors (Lipinski definition) is 2. The molecule has 2 aliphatic heterocycles. The average Bonchev–Trinajstić information content (AvgIpc) is 2.85. The molecular formula is C15H32N2O2. The zero-order chi connectivity index (χ0) is 14.6. The Morgan fingerprint density at radius 2 is 1.63 bits per heavy atom. The van der Waals surface area contributed by atoms with Crippen molar-refractivity contribution >= 4 is 0 Å². The van der Waals surface area contributed by atoms with Gasteiger partial charge in [0, 0.05) is 38.3 Å². The van der Waals surface area contributed by atoms with Crippen LogP contribution in [0, 0.1) is 0 Å². The molecular weight excluding hydrogens is 240 g/mol. The third-order valence-corrected chi connectivity index (χ3v) is 4.14. The zero-order valence-corrected chi connectivity index (χ0v) is 13.3. The minimum absolute atomic E-state index is 0.0626. The van der Waals surface area contributed by atoms with E-state index in [2.05, 4.69) is 37.5 Å². The maximum absolute atomic E-state index is 9.57. The van der Waals surface area contributed by atoms with E-state index in [1.165, 1.54) is 0 Å². The minimum atomic E-state index is -0.426. The van der Waals surface area contributed by atoms with E-state index in [1.54, 1.807) is 0 Å². The van der Waals surface area contributed by atoms with Crippen molar-refractivity contribution in [1.29, 1.82) is 0 Å². The van der Waals surface area contributed by atoms with E-state index in [0.29, 0.717) is 12.1 Å². The van der Waals surface area contributed by atoms with Crippen LogP contribution in [-0.4, -0.2) is 70.0 Å². The molecule has 0 aromatic carbocycles. The first kappa shape index (κ1) is 16.9. The van der Waals surface area contributed by atoms with E-state index >= 15 is 0 Å². The fourth-order valence-electron chi connectivity index (χ4n) is 2.66. The first-order valence-electron chi connectivity index (χ1n) is 7.60. The maximum Gasteiger partial charge on any atom is 0.0758 e. The Morgan fingerprint density at radius 3 is 1.84 bits per heavy atom. The quantitative estimate of drug-likeness (QED) is 0.796. The van der Waals surface area contributed by atoms with E-state index in [1.807, 2.05) is 6.92 Å². The monoisotopic (exact) mass is 272 g/mol. The van der Waals surface area contributed by atoms with Crippen molar-refractivity contribution < 1.29 is 10.2 Å². The molecule has 2 heterocycles. The van der Waals surface area contributed by atoms with Crippen LogP contribution in [0.4, 0.5) is 0 Å². The molecule has 19 heavy (non-hydrogen) atoms. The van der Waals surface area contributed by atoms with Crippen LogP contribution < -0.4 is 0 Å². The standard InChI is InChI=1S/C8H17NO.C7H15NO/c1-7(2)9-5-4-8(3,10)6-9;1-6(2)8-4-3-7(9)5-8/h7,10H,4-6H2,1-3H3;6-7,9H,3-5H2,1-2H3/t8-;7-/m11/s1. The van der Waals surface area contributed by atoms with Crippen LogP contribution in [0.15, 0.2) is 0 Å². The van der Waals surface area contributed by atoms with Crippen LogP contribution in [0.2, 0.25) is 0 Å². The summed E-state index contributed by atoms with van der Waals surface area (Å²) < 4.78 is 0. The van der Waals surface area contributed by atoms with Crippen LogP contribution >= 0.6 is 0 Å². The Morgan fingerprint density at radius 1 is 1.05 bits per heavy atom. The summed E-state index contributed by atoms with van der Waals surface area (Å²) in [5, 5.41) is 18.7. The summed E-state index contributed by atoms with van der Waals surface area (Å²) in [6.45, 7) is 14.4. The fraction of sp³-hybridized carbons (Fsp3) is 1.00. The molecule has 2 rings (SSSR count). The number of nitrogens with zero attached hydrogens (tertiary/aromatic N) is 2. The van der Waals surface area contributed by atoms with Crippen molar-refractivity contribution in [3.8, 4) is 0 Å². The molecule has 114 valence electrons. The summed E-state index contributed by atoms with van der Waals surface area (Å²) in [6.07, 6.45) is 1.82. The van der Waals surface area contributed by atoms with E-state index in [0.717, 1.165) is 39.0 Å². The molecule has 2 atom stereocenters. The van der Waals surface area contributed by atoms with Crippen LogP contribution in [0.5, 0.6) is 0 Å². The SMILES string of the molecule is CC(C)N1CC[C@@H](O)C1.CC(C)N1CC[C@@](C)(O)C1. The first-order chi connectivity index (χ1) is 8.71. The van der Waals surface area contributed by atoms with Crippen molar-refractivity contribution in [3.63, 3.8) is 0 Å². The molecule has 0 radical (unpaired) electrons. The highest BCUT2D eigenvalue weighted by molar-refractivity contribution is 4.87. The largest absolute Gasteiger partial charge is 0.392 e. The van der Waals surface area contributed by atoms with Gasteiger partial charge < -0.3 is 10.2 Å². The van der Waals surface area contributed by atoms with Gasteiger partial charge in [-0.15, -0.1) is 0 Å². The van der Waals surface area contributed by atoms with E-state index in [4.69, 9.17) is 5.11 Å². The van der Waals surface area contributed by atoms with Gasteiger partial charge in [0.2, 0.25) is 0 Å². The van der Waals surface area contributed by atoms with Gasteiger partial charge in [-0.1, -0.05) is 0 Å². The van der Waals surface area contributed by atoms with E-state index in [-0.39, 0.29) is 6.10 Å². The zero-order valence-electron chi connectivity index (χ0n) is 13.3. The summed E-state index contributed by atoms with van der Waals surface area (Å²) in [6, 6.07) is 1.18. The van der Waals surface area contributed by atoms with Gasteiger partial charge in [0.05, 0.1) is 11.7 Å². The molecule has 2 fully saturated rings. The number of aliphatic hydroxyl groups excluding tert-OH is 1. The minimum Gasteiger partial charge on any atom is -0.392 e. The highest BCUT2D eigenvalue weighted by Crippen LogP contribution is 2.21. The van der Waals surface area contributed by atoms with Crippen LogP contribution in [-0.2, 0) is 0 Å². The number of aliphatic hydroxyl groups is 2. The third kappa shape index (κ3) is 5.78. The van der Waals surface area contributed by atoms with Crippen LogP contribution in [0.1, 0.15) is 47.5 Å². The molecule has 0 aliphatic carbocycles. The molecule has 0 saturated carbocycles. The van der Waals surface area contributed by atoms with Gasteiger partial charge in [-0.3, -0.25) is 9.80 Å². The second kappa shape index (κ2) is 7.02. The van der Waals surface area contributed by atoms with Crippen LogP contribution in [0.25, 0.3) is 0 Å². The maximum atomic E-state index is 9.57. The second-order valence-corrected chi connectivity index (χ2v) is 6.84. The third-order valence-electron chi connectivity index (χ3n) is 4.14. The smallest absolute Gasteiger partial charge is 0.0758 e. The number of likely N-dealkylation sites (tertiary alicyclic amines) is 2. The normalized spacial score (nSPS) is 33.0. The molecule has 0 amide bonds. The molecule has 0 unspecified atom stereocenters. The molecule has 2 N–H and O–H groups in total. The highest BCUT2D eigenvalue weighted by Gasteiger charge is 2.32. The summed E-state index contributed by atoms with van der Waals surface area (Å²) in [7, 11) is 0. The van der Waals surface area contributed by atoms with Gasteiger partial charge in [0.25, 0.3) is 0 Å². The number of hydrogen-bond acceptors (Lipinski definition) is 4. The van der Waals surface area contributed by atoms with Crippen molar-refractivity contribution in [1.82, 2.24) is 9.80 Å². The first-order valence-corrected chi connectivity index (χ1v) is 7.60. The lowest BCUT2D eigenvalue weighted by molar-refractivity contribution is 0.0646.